The molecule has 0 bridgehead atoms. The van der Waals surface area contributed by atoms with Crippen LogP contribution in [0.15, 0.2) is 4.34 Å². The normalized spacial score (nSPS) is 11.6. The third-order valence-corrected chi connectivity index (χ3v) is 5.35. The molecule has 1 heterocycles. The van der Waals surface area contributed by atoms with Gasteiger partial charge in [0.15, 0.2) is 0 Å². The maximum Gasteiger partial charge on any atom is 0.320 e. The largest absolute Gasteiger partial charge is 0.341 e. The van der Waals surface area contributed by atoms with Crippen LogP contribution in [0.3, 0.4) is 0 Å². The summed E-state index contributed by atoms with van der Waals surface area (Å²) in [5.74, 6) is 0. The second-order valence-electron chi connectivity index (χ2n) is 3.76. The molecule has 0 aliphatic rings. The van der Waals surface area contributed by atoms with Crippen LogP contribution < -0.4 is 10.6 Å². The molecule has 0 spiro atoms. The van der Waals surface area contributed by atoms with E-state index < -0.39 is 16.1 Å². The SMILES string of the molecule is CCCCN(C)S(=O)(=O)c1nnc(NC(=O)NC)s1. The Morgan fingerprint density at radius 3 is 2.68 bits per heavy atom. The molecule has 1 aromatic heterocycles. The molecular weight excluding hydrogens is 290 g/mol. The van der Waals surface area contributed by atoms with E-state index in [0.717, 1.165) is 24.2 Å². The molecule has 2 amide bonds. The van der Waals surface area contributed by atoms with E-state index in [9.17, 15) is 13.2 Å². The van der Waals surface area contributed by atoms with Crippen molar-refractivity contribution >= 4 is 32.5 Å². The number of nitrogens with one attached hydrogen (secondary N) is 2. The minimum Gasteiger partial charge on any atom is -0.341 e. The fraction of sp³-hybridized carbons (Fsp3) is 0.667. The van der Waals surface area contributed by atoms with Crippen molar-refractivity contribution < 1.29 is 13.2 Å². The van der Waals surface area contributed by atoms with E-state index in [1.54, 1.807) is 0 Å². The van der Waals surface area contributed by atoms with Gasteiger partial charge < -0.3 is 5.32 Å². The fourth-order valence-corrected chi connectivity index (χ4v) is 3.45. The van der Waals surface area contributed by atoms with E-state index in [0.29, 0.717) is 6.54 Å². The Kier molecular flexibility index (Phi) is 5.63. The van der Waals surface area contributed by atoms with Crippen molar-refractivity contribution in [3.63, 3.8) is 0 Å². The molecule has 10 heteroatoms. The zero-order valence-electron chi connectivity index (χ0n) is 11.0. The number of nitrogens with zero attached hydrogens (tertiary/aromatic N) is 3. The number of aromatic nitrogens is 2. The van der Waals surface area contributed by atoms with Gasteiger partial charge in [-0.1, -0.05) is 24.7 Å². The number of urea groups is 1. The minimum atomic E-state index is -3.63. The van der Waals surface area contributed by atoms with Gasteiger partial charge >= 0.3 is 6.03 Å². The van der Waals surface area contributed by atoms with Crippen molar-refractivity contribution in [3.8, 4) is 0 Å². The number of sulfonamides is 1. The Morgan fingerprint density at radius 2 is 2.11 bits per heavy atom. The highest BCUT2D eigenvalue weighted by atomic mass is 32.2. The maximum atomic E-state index is 12.1. The highest BCUT2D eigenvalue weighted by Gasteiger charge is 2.25. The van der Waals surface area contributed by atoms with E-state index in [1.165, 1.54) is 18.4 Å². The minimum absolute atomic E-state index is 0.127. The highest BCUT2D eigenvalue weighted by Crippen LogP contribution is 2.22. The van der Waals surface area contributed by atoms with Crippen LogP contribution in [0.4, 0.5) is 9.93 Å². The molecule has 0 aliphatic carbocycles. The molecule has 19 heavy (non-hydrogen) atoms. The molecule has 0 aromatic carbocycles. The second-order valence-corrected chi connectivity index (χ2v) is 6.95. The van der Waals surface area contributed by atoms with Crippen LogP contribution in [0, 0.1) is 0 Å². The molecular formula is C9H17N5O3S2. The zero-order chi connectivity index (χ0) is 14.5. The molecule has 8 nitrogen and oxygen atoms in total. The van der Waals surface area contributed by atoms with Crippen LogP contribution in [0.25, 0.3) is 0 Å². The van der Waals surface area contributed by atoms with Gasteiger partial charge in [-0.3, -0.25) is 5.32 Å². The lowest BCUT2D eigenvalue weighted by Crippen LogP contribution is -2.27. The number of amides is 2. The molecule has 108 valence electrons. The summed E-state index contributed by atoms with van der Waals surface area (Å²) >= 11 is 0.822. The maximum absolute atomic E-state index is 12.1. The molecule has 2 N–H and O–H groups in total. The Hall–Kier alpha value is -1.26. The monoisotopic (exact) mass is 307 g/mol. The van der Waals surface area contributed by atoms with E-state index >= 15 is 0 Å². The molecule has 0 saturated heterocycles. The Bertz CT molecular complexity index is 528. The van der Waals surface area contributed by atoms with Gasteiger partial charge in [-0.05, 0) is 6.42 Å². The van der Waals surface area contributed by atoms with Gasteiger partial charge in [0.25, 0.3) is 10.0 Å². The van der Waals surface area contributed by atoms with Gasteiger partial charge in [-0.25, -0.2) is 13.2 Å². The molecule has 0 fully saturated rings. The first-order valence-electron chi connectivity index (χ1n) is 5.70. The van der Waals surface area contributed by atoms with Crippen molar-refractivity contribution in [1.29, 1.82) is 0 Å². The molecule has 0 radical (unpaired) electrons. The first-order chi connectivity index (χ1) is 8.91. The van der Waals surface area contributed by atoms with Gasteiger partial charge in [0, 0.05) is 20.6 Å². The average Bonchev–Trinajstić information content (AvgIpc) is 2.84. The molecule has 0 unspecified atom stereocenters. The molecule has 0 atom stereocenters. The van der Waals surface area contributed by atoms with E-state index in [4.69, 9.17) is 0 Å². The van der Waals surface area contributed by atoms with Crippen LogP contribution in [-0.4, -0.2) is 49.6 Å². The first kappa shape index (κ1) is 15.8. The smallest absolute Gasteiger partial charge is 0.320 e. The lowest BCUT2D eigenvalue weighted by molar-refractivity contribution is 0.254. The molecule has 1 rings (SSSR count). The number of anilines is 1. The molecule has 1 aromatic rings. The summed E-state index contributed by atoms with van der Waals surface area (Å²) in [6.45, 7) is 2.41. The van der Waals surface area contributed by atoms with Crippen LogP contribution in [0.5, 0.6) is 0 Å². The number of rotatable bonds is 6. The van der Waals surface area contributed by atoms with Crippen molar-refractivity contribution in [2.24, 2.45) is 0 Å². The van der Waals surface area contributed by atoms with E-state index in [1.807, 2.05) is 6.92 Å². The topological polar surface area (TPSA) is 104 Å². The summed E-state index contributed by atoms with van der Waals surface area (Å²) in [6.07, 6.45) is 1.68. The number of unbranched alkanes of at least 4 members (excludes halogenated alkanes) is 1. The Labute approximate surface area is 116 Å². The Morgan fingerprint density at radius 1 is 1.42 bits per heavy atom. The lowest BCUT2D eigenvalue weighted by atomic mass is 10.3. The summed E-state index contributed by atoms with van der Waals surface area (Å²) in [5, 5.41) is 12.1. The number of carbonyl (C=O) groups excluding carboxylic acids is 1. The van der Waals surface area contributed by atoms with Crippen LogP contribution >= 0.6 is 11.3 Å². The summed E-state index contributed by atoms with van der Waals surface area (Å²) in [7, 11) is -0.677. The van der Waals surface area contributed by atoms with E-state index in [2.05, 4.69) is 20.8 Å². The van der Waals surface area contributed by atoms with Gasteiger partial charge in [0.05, 0.1) is 0 Å². The van der Waals surface area contributed by atoms with Crippen LogP contribution in [0.1, 0.15) is 19.8 Å². The van der Waals surface area contributed by atoms with Crippen LogP contribution in [0.2, 0.25) is 0 Å². The van der Waals surface area contributed by atoms with Crippen molar-refractivity contribution in [3.05, 3.63) is 0 Å². The third-order valence-electron chi connectivity index (χ3n) is 2.31. The standard InChI is InChI=1S/C9H17N5O3S2/c1-4-5-6-14(3)19(16,17)9-13-12-8(18-9)11-7(15)10-2/h4-6H2,1-3H3,(H2,10,11,12,15). The molecule has 0 saturated carbocycles. The van der Waals surface area contributed by atoms with Gasteiger partial charge in [0.2, 0.25) is 9.47 Å². The highest BCUT2D eigenvalue weighted by molar-refractivity contribution is 7.91. The molecule has 0 aliphatic heterocycles. The van der Waals surface area contributed by atoms with Gasteiger partial charge in [-0.2, -0.15) is 4.31 Å². The average molecular weight is 307 g/mol. The number of carbonyl (C=O) groups is 1. The number of hydrogen-bond donors (Lipinski definition) is 2. The van der Waals surface area contributed by atoms with Crippen molar-refractivity contribution in [1.82, 2.24) is 19.8 Å². The van der Waals surface area contributed by atoms with Crippen molar-refractivity contribution in [2.45, 2.75) is 24.1 Å². The fourth-order valence-electron chi connectivity index (χ4n) is 1.16. The van der Waals surface area contributed by atoms with Crippen molar-refractivity contribution in [2.75, 3.05) is 26.0 Å². The second kappa shape index (κ2) is 6.78. The Balaban J connectivity index is 2.82. The third kappa shape index (κ3) is 4.11. The summed E-state index contributed by atoms with van der Waals surface area (Å²) in [6, 6.07) is -0.473. The predicted molar refractivity (Wildman–Crippen MR) is 72.7 cm³/mol. The van der Waals surface area contributed by atoms with Crippen LogP contribution in [-0.2, 0) is 10.0 Å². The quantitative estimate of drug-likeness (QED) is 0.753. The summed E-state index contributed by atoms with van der Waals surface area (Å²) in [4.78, 5) is 11.1. The van der Waals surface area contributed by atoms with E-state index in [-0.39, 0.29) is 9.47 Å². The predicted octanol–water partition coefficient (Wildman–Crippen LogP) is 0.710. The van der Waals surface area contributed by atoms with Gasteiger partial charge in [0.1, 0.15) is 0 Å². The van der Waals surface area contributed by atoms with Gasteiger partial charge in [-0.15, -0.1) is 10.2 Å². The number of hydrogen-bond acceptors (Lipinski definition) is 6. The summed E-state index contributed by atoms with van der Waals surface area (Å²) < 4.78 is 25.3. The first-order valence-corrected chi connectivity index (χ1v) is 7.96. The lowest BCUT2D eigenvalue weighted by Gasteiger charge is -2.13. The zero-order valence-corrected chi connectivity index (χ0v) is 12.6. The summed E-state index contributed by atoms with van der Waals surface area (Å²) in [5.41, 5.74) is 0.